The molecule has 0 aliphatic carbocycles. The number of hydrogen-bond acceptors (Lipinski definition) is 2. The van der Waals surface area contributed by atoms with E-state index in [1.165, 1.54) is 0 Å². The lowest BCUT2D eigenvalue weighted by Gasteiger charge is -2.07. The number of aromatic nitrogens is 1. The molecule has 0 fully saturated rings. The van der Waals surface area contributed by atoms with E-state index < -0.39 is 0 Å². The van der Waals surface area contributed by atoms with E-state index >= 15 is 0 Å². The molecule has 1 aromatic heterocycles. The summed E-state index contributed by atoms with van der Waals surface area (Å²) in [5, 5.41) is 1.12. The van der Waals surface area contributed by atoms with Crippen LogP contribution in [0.1, 0.15) is 0 Å². The highest BCUT2D eigenvalue weighted by atomic mass is 35.5. The summed E-state index contributed by atoms with van der Waals surface area (Å²) in [4.78, 5) is 4.17. The molecule has 0 radical (unpaired) electrons. The van der Waals surface area contributed by atoms with Crippen LogP contribution in [-0.2, 0) is 0 Å². The molecular formula is C11H7Cl3N2. The van der Waals surface area contributed by atoms with Crippen molar-refractivity contribution in [1.82, 2.24) is 4.98 Å². The van der Waals surface area contributed by atoms with Crippen molar-refractivity contribution in [1.29, 1.82) is 0 Å². The monoisotopic (exact) mass is 272 g/mol. The molecule has 0 amide bonds. The SMILES string of the molecule is Nc1cccc(-c2ccc(Cl)c(Cl)c2Cl)n1. The first-order valence-corrected chi connectivity index (χ1v) is 5.59. The Labute approximate surface area is 108 Å². The maximum absolute atomic E-state index is 6.09. The number of nitrogens with two attached hydrogens (primary N) is 1. The van der Waals surface area contributed by atoms with Crippen LogP contribution in [0.25, 0.3) is 11.3 Å². The summed E-state index contributed by atoms with van der Waals surface area (Å²) in [5.74, 6) is 0.430. The topological polar surface area (TPSA) is 38.9 Å². The van der Waals surface area contributed by atoms with Gasteiger partial charge in [-0.15, -0.1) is 0 Å². The average Bonchev–Trinajstić information content (AvgIpc) is 2.26. The first kappa shape index (κ1) is 11.5. The van der Waals surface area contributed by atoms with Crippen LogP contribution >= 0.6 is 34.8 Å². The molecule has 2 aromatic rings. The second-order valence-corrected chi connectivity index (χ2v) is 4.33. The Morgan fingerprint density at radius 2 is 1.69 bits per heavy atom. The highest BCUT2D eigenvalue weighted by molar-refractivity contribution is 6.49. The number of nitrogens with zero attached hydrogens (tertiary/aromatic N) is 1. The zero-order valence-electron chi connectivity index (χ0n) is 8.05. The van der Waals surface area contributed by atoms with Crippen molar-refractivity contribution in [3.05, 3.63) is 45.4 Å². The van der Waals surface area contributed by atoms with Crippen LogP contribution in [0.2, 0.25) is 15.1 Å². The second kappa shape index (κ2) is 4.50. The van der Waals surface area contributed by atoms with Gasteiger partial charge in [-0.3, -0.25) is 0 Å². The molecule has 0 aliphatic rings. The number of pyridine rings is 1. The Morgan fingerprint density at radius 1 is 0.938 bits per heavy atom. The maximum atomic E-state index is 6.09. The predicted octanol–water partition coefficient (Wildman–Crippen LogP) is 4.29. The van der Waals surface area contributed by atoms with Crippen LogP contribution in [0.4, 0.5) is 5.82 Å². The highest BCUT2D eigenvalue weighted by Gasteiger charge is 2.11. The average molecular weight is 274 g/mol. The molecule has 0 aliphatic heterocycles. The van der Waals surface area contributed by atoms with Crippen LogP contribution in [0.3, 0.4) is 0 Å². The molecule has 1 heterocycles. The van der Waals surface area contributed by atoms with Crippen LogP contribution in [0.5, 0.6) is 0 Å². The van der Waals surface area contributed by atoms with Gasteiger partial charge in [0.05, 0.1) is 20.8 Å². The number of rotatable bonds is 1. The number of benzene rings is 1. The summed E-state index contributed by atoms with van der Waals surface area (Å²) in [6.07, 6.45) is 0. The van der Waals surface area contributed by atoms with Gasteiger partial charge in [0.15, 0.2) is 0 Å². The molecule has 0 saturated heterocycles. The fourth-order valence-electron chi connectivity index (χ4n) is 1.33. The van der Waals surface area contributed by atoms with E-state index in [9.17, 15) is 0 Å². The van der Waals surface area contributed by atoms with Crippen LogP contribution in [0, 0.1) is 0 Å². The van der Waals surface area contributed by atoms with Gasteiger partial charge in [0.1, 0.15) is 5.82 Å². The lowest BCUT2D eigenvalue weighted by Crippen LogP contribution is -1.92. The minimum Gasteiger partial charge on any atom is -0.384 e. The highest BCUT2D eigenvalue weighted by Crippen LogP contribution is 2.37. The van der Waals surface area contributed by atoms with Crippen molar-refractivity contribution in [3.63, 3.8) is 0 Å². The van der Waals surface area contributed by atoms with Gasteiger partial charge in [0, 0.05) is 5.56 Å². The molecule has 0 saturated carbocycles. The standard InChI is InChI=1S/C11H7Cl3N2/c12-7-5-4-6(10(13)11(7)14)8-2-1-3-9(15)16-8/h1-5H,(H2,15,16). The van der Waals surface area contributed by atoms with Crippen molar-refractivity contribution in [2.75, 3.05) is 5.73 Å². The van der Waals surface area contributed by atoms with Crippen molar-refractivity contribution < 1.29 is 0 Å². The molecule has 82 valence electrons. The summed E-state index contributed by atoms with van der Waals surface area (Å²) in [6, 6.07) is 8.75. The van der Waals surface area contributed by atoms with Gasteiger partial charge in [0.25, 0.3) is 0 Å². The molecule has 0 bridgehead atoms. The Bertz CT molecular complexity index is 541. The van der Waals surface area contributed by atoms with E-state index in [1.807, 2.05) is 6.07 Å². The van der Waals surface area contributed by atoms with Crippen LogP contribution in [0.15, 0.2) is 30.3 Å². The largest absolute Gasteiger partial charge is 0.384 e. The normalized spacial score (nSPS) is 10.4. The summed E-state index contributed by atoms with van der Waals surface area (Å²) < 4.78 is 0. The Hall–Kier alpha value is -0.960. The van der Waals surface area contributed by atoms with E-state index in [0.29, 0.717) is 32.1 Å². The number of anilines is 1. The quantitative estimate of drug-likeness (QED) is 0.787. The van der Waals surface area contributed by atoms with Gasteiger partial charge in [-0.2, -0.15) is 0 Å². The third-order valence-corrected chi connectivity index (χ3v) is 3.38. The maximum Gasteiger partial charge on any atom is 0.124 e. The molecule has 0 unspecified atom stereocenters. The van der Waals surface area contributed by atoms with Crippen molar-refractivity contribution in [3.8, 4) is 11.3 Å². The fourth-order valence-corrected chi connectivity index (χ4v) is 1.96. The van der Waals surface area contributed by atoms with E-state index in [0.717, 1.165) is 0 Å². The first-order chi connectivity index (χ1) is 7.59. The van der Waals surface area contributed by atoms with Gasteiger partial charge in [0.2, 0.25) is 0 Å². The summed E-state index contributed by atoms with van der Waals surface area (Å²) >= 11 is 17.9. The molecule has 2 rings (SSSR count). The van der Waals surface area contributed by atoms with Gasteiger partial charge >= 0.3 is 0 Å². The summed E-state index contributed by atoms with van der Waals surface area (Å²) in [6.45, 7) is 0. The minimum absolute atomic E-state index is 0.324. The summed E-state index contributed by atoms with van der Waals surface area (Å²) in [5.41, 5.74) is 6.98. The molecule has 1 aromatic carbocycles. The lowest BCUT2D eigenvalue weighted by atomic mass is 10.1. The minimum atomic E-state index is 0.324. The van der Waals surface area contributed by atoms with Gasteiger partial charge in [-0.1, -0.05) is 40.9 Å². The van der Waals surface area contributed by atoms with E-state index in [-0.39, 0.29) is 0 Å². The Morgan fingerprint density at radius 3 is 2.38 bits per heavy atom. The molecule has 0 atom stereocenters. The zero-order chi connectivity index (χ0) is 11.7. The van der Waals surface area contributed by atoms with Gasteiger partial charge in [-0.05, 0) is 24.3 Å². The zero-order valence-corrected chi connectivity index (χ0v) is 10.3. The molecular weight excluding hydrogens is 266 g/mol. The van der Waals surface area contributed by atoms with Crippen molar-refractivity contribution >= 4 is 40.6 Å². The number of hydrogen-bond donors (Lipinski definition) is 1. The number of halogens is 3. The molecule has 5 heteroatoms. The van der Waals surface area contributed by atoms with Gasteiger partial charge < -0.3 is 5.73 Å². The third-order valence-electron chi connectivity index (χ3n) is 2.08. The van der Waals surface area contributed by atoms with Gasteiger partial charge in [-0.25, -0.2) is 4.98 Å². The number of nitrogen functional groups attached to an aromatic ring is 1. The molecule has 0 spiro atoms. The lowest BCUT2D eigenvalue weighted by molar-refractivity contribution is 1.33. The molecule has 2 N–H and O–H groups in total. The first-order valence-electron chi connectivity index (χ1n) is 4.46. The second-order valence-electron chi connectivity index (χ2n) is 3.17. The molecule has 2 nitrogen and oxygen atoms in total. The van der Waals surface area contributed by atoms with E-state index in [1.54, 1.807) is 24.3 Å². The van der Waals surface area contributed by atoms with Crippen molar-refractivity contribution in [2.24, 2.45) is 0 Å². The summed E-state index contributed by atoms with van der Waals surface area (Å²) in [7, 11) is 0. The van der Waals surface area contributed by atoms with Crippen molar-refractivity contribution in [2.45, 2.75) is 0 Å². The smallest absolute Gasteiger partial charge is 0.124 e. The van der Waals surface area contributed by atoms with E-state index in [4.69, 9.17) is 40.5 Å². The Kier molecular flexibility index (Phi) is 3.24. The molecule has 16 heavy (non-hydrogen) atoms. The Balaban J connectivity index is 2.61. The predicted molar refractivity (Wildman–Crippen MR) is 69.1 cm³/mol. The third kappa shape index (κ3) is 2.09. The van der Waals surface area contributed by atoms with E-state index in [2.05, 4.69) is 4.98 Å². The fraction of sp³-hybridized carbons (Fsp3) is 0. The van der Waals surface area contributed by atoms with Crippen LogP contribution in [-0.4, -0.2) is 4.98 Å². The van der Waals surface area contributed by atoms with Crippen LogP contribution < -0.4 is 5.73 Å².